The van der Waals surface area contributed by atoms with Crippen LogP contribution in [0.15, 0.2) is 47.5 Å². The first kappa shape index (κ1) is 22.9. The molecule has 2 aromatic carbocycles. The quantitative estimate of drug-likeness (QED) is 0.332. The second kappa shape index (κ2) is 12.3. The van der Waals surface area contributed by atoms with Gasteiger partial charge in [-0.1, -0.05) is 19.1 Å². The zero-order chi connectivity index (χ0) is 18.8. The number of nitrogens with zero attached hydrogens (tertiary/aromatic N) is 1. The van der Waals surface area contributed by atoms with Crippen LogP contribution in [0.25, 0.3) is 0 Å². The predicted molar refractivity (Wildman–Crippen MR) is 121 cm³/mol. The number of rotatable bonds is 8. The maximum Gasteiger partial charge on any atom is 0.195 e. The summed E-state index contributed by atoms with van der Waals surface area (Å²) in [6, 6.07) is 13.7. The van der Waals surface area contributed by atoms with Crippen molar-refractivity contribution in [2.75, 3.05) is 33.2 Å². The van der Waals surface area contributed by atoms with Gasteiger partial charge in [0, 0.05) is 25.3 Å². The van der Waals surface area contributed by atoms with Gasteiger partial charge in [0.2, 0.25) is 0 Å². The van der Waals surface area contributed by atoms with Crippen molar-refractivity contribution < 1.29 is 14.2 Å². The fourth-order valence-corrected chi connectivity index (χ4v) is 2.38. The Labute approximate surface area is 178 Å². The lowest BCUT2D eigenvalue weighted by molar-refractivity contribution is 0.317. The van der Waals surface area contributed by atoms with E-state index in [0.717, 1.165) is 30.0 Å². The van der Waals surface area contributed by atoms with Gasteiger partial charge in [-0.05, 0) is 36.2 Å². The fourth-order valence-electron chi connectivity index (χ4n) is 2.38. The third kappa shape index (κ3) is 7.16. The smallest absolute Gasteiger partial charge is 0.195 e. The summed E-state index contributed by atoms with van der Waals surface area (Å²) < 4.78 is 16.3. The van der Waals surface area contributed by atoms with E-state index in [1.54, 1.807) is 21.3 Å². The Balaban J connectivity index is 0.00000364. The molecule has 0 aromatic heterocycles. The molecule has 0 atom stereocenters. The molecule has 0 fully saturated rings. The molecule has 6 nitrogen and oxygen atoms in total. The molecule has 0 radical (unpaired) electrons. The summed E-state index contributed by atoms with van der Waals surface area (Å²) in [5, 5.41) is 6.54. The Bertz CT molecular complexity index is 738. The number of benzene rings is 2. The molecule has 0 heterocycles. The fraction of sp³-hybridized carbons (Fsp3) is 0.350. The number of hydrogen-bond acceptors (Lipinski definition) is 4. The van der Waals surface area contributed by atoms with Crippen LogP contribution in [0.1, 0.15) is 18.9 Å². The summed E-state index contributed by atoms with van der Waals surface area (Å²) >= 11 is 0. The van der Waals surface area contributed by atoms with Crippen molar-refractivity contribution in [3.05, 3.63) is 48.0 Å². The van der Waals surface area contributed by atoms with Crippen LogP contribution in [0, 0.1) is 0 Å². The van der Waals surface area contributed by atoms with E-state index in [1.165, 1.54) is 0 Å². The van der Waals surface area contributed by atoms with E-state index < -0.39 is 0 Å². The van der Waals surface area contributed by atoms with E-state index in [9.17, 15) is 0 Å². The van der Waals surface area contributed by atoms with Crippen molar-refractivity contribution in [1.29, 1.82) is 0 Å². The van der Waals surface area contributed by atoms with Crippen LogP contribution < -0.4 is 24.8 Å². The molecule has 2 aromatic rings. The standard InChI is InChI=1S/C20H27N3O3.HI/c1-5-11-26-17-8-6-7-15(12-17)14-22-20(21-2)23-16-9-10-18(24-3)19(13-16)25-4;/h6-10,12-13H,5,11,14H2,1-4H3,(H2,21,22,23);1H. The third-order valence-corrected chi connectivity index (χ3v) is 3.70. The normalized spacial score (nSPS) is 10.6. The lowest BCUT2D eigenvalue weighted by Crippen LogP contribution is -2.30. The first-order valence-electron chi connectivity index (χ1n) is 8.61. The monoisotopic (exact) mass is 485 g/mol. The summed E-state index contributed by atoms with van der Waals surface area (Å²) in [6.07, 6.45) is 0.990. The van der Waals surface area contributed by atoms with E-state index in [1.807, 2.05) is 36.4 Å². The second-order valence-corrected chi connectivity index (χ2v) is 5.62. The van der Waals surface area contributed by atoms with E-state index in [-0.39, 0.29) is 24.0 Å². The molecule has 2 N–H and O–H groups in total. The van der Waals surface area contributed by atoms with Crippen molar-refractivity contribution >= 4 is 35.6 Å². The van der Waals surface area contributed by atoms with Gasteiger partial charge < -0.3 is 24.8 Å². The molecule has 0 spiro atoms. The number of nitrogens with one attached hydrogen (secondary N) is 2. The van der Waals surface area contributed by atoms with Crippen LogP contribution in [-0.2, 0) is 6.54 Å². The Morgan fingerprint density at radius 2 is 1.81 bits per heavy atom. The van der Waals surface area contributed by atoms with E-state index in [0.29, 0.717) is 24.0 Å². The maximum atomic E-state index is 5.67. The summed E-state index contributed by atoms with van der Waals surface area (Å²) in [4.78, 5) is 4.26. The van der Waals surface area contributed by atoms with Gasteiger partial charge in [0.1, 0.15) is 5.75 Å². The molecular weight excluding hydrogens is 457 g/mol. The van der Waals surface area contributed by atoms with Crippen LogP contribution in [0.2, 0.25) is 0 Å². The van der Waals surface area contributed by atoms with Gasteiger partial charge in [-0.3, -0.25) is 4.99 Å². The highest BCUT2D eigenvalue weighted by molar-refractivity contribution is 14.0. The highest BCUT2D eigenvalue weighted by Gasteiger charge is 2.06. The molecule has 0 bridgehead atoms. The van der Waals surface area contributed by atoms with Gasteiger partial charge in [0.25, 0.3) is 0 Å². The highest BCUT2D eigenvalue weighted by Crippen LogP contribution is 2.29. The maximum absolute atomic E-state index is 5.67. The predicted octanol–water partition coefficient (Wildman–Crippen LogP) is 4.30. The van der Waals surface area contributed by atoms with E-state index in [4.69, 9.17) is 14.2 Å². The summed E-state index contributed by atoms with van der Waals surface area (Å²) in [7, 11) is 4.96. The first-order valence-corrected chi connectivity index (χ1v) is 8.61. The molecule has 7 heteroatoms. The van der Waals surface area contributed by atoms with Crippen LogP contribution in [0.3, 0.4) is 0 Å². The van der Waals surface area contributed by atoms with Crippen molar-refractivity contribution in [2.24, 2.45) is 4.99 Å². The number of hydrogen-bond donors (Lipinski definition) is 2. The number of aliphatic imine (C=N–C) groups is 1. The van der Waals surface area contributed by atoms with Crippen LogP contribution in [0.4, 0.5) is 5.69 Å². The van der Waals surface area contributed by atoms with Gasteiger partial charge in [0.15, 0.2) is 17.5 Å². The minimum absolute atomic E-state index is 0. The van der Waals surface area contributed by atoms with Gasteiger partial charge in [-0.2, -0.15) is 0 Å². The number of guanidine groups is 1. The molecule has 2 rings (SSSR count). The third-order valence-electron chi connectivity index (χ3n) is 3.70. The second-order valence-electron chi connectivity index (χ2n) is 5.62. The van der Waals surface area contributed by atoms with Crippen molar-refractivity contribution in [1.82, 2.24) is 5.32 Å². The molecule has 27 heavy (non-hydrogen) atoms. The first-order chi connectivity index (χ1) is 12.7. The SMILES string of the molecule is CCCOc1cccc(CNC(=NC)Nc2ccc(OC)c(OC)c2)c1.I. The average molecular weight is 485 g/mol. The van der Waals surface area contributed by atoms with Gasteiger partial charge in [-0.15, -0.1) is 24.0 Å². The highest BCUT2D eigenvalue weighted by atomic mass is 127. The molecule has 0 aliphatic carbocycles. The Hall–Kier alpha value is -2.16. The summed E-state index contributed by atoms with van der Waals surface area (Å²) in [5.41, 5.74) is 1.98. The largest absolute Gasteiger partial charge is 0.494 e. The number of anilines is 1. The Morgan fingerprint density at radius 1 is 1.04 bits per heavy atom. The molecule has 0 saturated carbocycles. The summed E-state index contributed by atoms with van der Waals surface area (Å²) in [6.45, 7) is 3.45. The molecular formula is C20H28IN3O3. The van der Waals surface area contributed by atoms with Gasteiger partial charge >= 0.3 is 0 Å². The molecule has 0 saturated heterocycles. The van der Waals surface area contributed by atoms with Crippen LogP contribution in [-0.4, -0.2) is 33.8 Å². The zero-order valence-corrected chi connectivity index (χ0v) is 18.6. The number of ether oxygens (including phenoxy) is 3. The van der Waals surface area contributed by atoms with Crippen LogP contribution in [0.5, 0.6) is 17.2 Å². The minimum atomic E-state index is 0. The minimum Gasteiger partial charge on any atom is -0.494 e. The van der Waals surface area contributed by atoms with Crippen LogP contribution >= 0.6 is 24.0 Å². The lowest BCUT2D eigenvalue weighted by Gasteiger charge is -2.14. The van der Waals surface area contributed by atoms with Gasteiger partial charge in [-0.25, -0.2) is 0 Å². The lowest BCUT2D eigenvalue weighted by atomic mass is 10.2. The molecule has 148 valence electrons. The molecule has 0 amide bonds. The Morgan fingerprint density at radius 3 is 2.48 bits per heavy atom. The van der Waals surface area contributed by atoms with Crippen molar-refractivity contribution in [3.63, 3.8) is 0 Å². The topological polar surface area (TPSA) is 64.1 Å². The average Bonchev–Trinajstić information content (AvgIpc) is 2.69. The molecule has 0 unspecified atom stereocenters. The van der Waals surface area contributed by atoms with Crippen molar-refractivity contribution in [2.45, 2.75) is 19.9 Å². The van der Waals surface area contributed by atoms with E-state index in [2.05, 4.69) is 28.6 Å². The number of halogens is 1. The zero-order valence-electron chi connectivity index (χ0n) is 16.2. The molecule has 0 aliphatic heterocycles. The van der Waals surface area contributed by atoms with E-state index >= 15 is 0 Å². The number of methoxy groups -OCH3 is 2. The van der Waals surface area contributed by atoms with Crippen molar-refractivity contribution in [3.8, 4) is 17.2 Å². The Kier molecular flexibility index (Phi) is 10.4. The van der Waals surface area contributed by atoms with Gasteiger partial charge in [0.05, 0.1) is 20.8 Å². The molecule has 0 aliphatic rings. The summed E-state index contributed by atoms with van der Waals surface area (Å²) in [5.74, 6) is 2.89.